The lowest BCUT2D eigenvalue weighted by molar-refractivity contribution is 0.0601. The highest BCUT2D eigenvalue weighted by Gasteiger charge is 2.27. The number of aryl methyl sites for hydroxylation is 2. The van der Waals surface area contributed by atoms with Gasteiger partial charge in [-0.05, 0) is 62.4 Å². The summed E-state index contributed by atoms with van der Waals surface area (Å²) in [5.41, 5.74) is 4.51. The van der Waals surface area contributed by atoms with Crippen molar-refractivity contribution in [2.75, 3.05) is 12.4 Å². The summed E-state index contributed by atoms with van der Waals surface area (Å²) >= 11 is 7.57. The van der Waals surface area contributed by atoms with E-state index in [0.29, 0.717) is 21.2 Å². The number of fused-ring (bicyclic) bond motifs is 2. The van der Waals surface area contributed by atoms with Crippen LogP contribution in [0.15, 0.2) is 18.2 Å². The maximum absolute atomic E-state index is 13.4. The van der Waals surface area contributed by atoms with Crippen molar-refractivity contribution >= 4 is 50.7 Å². The number of esters is 1. The van der Waals surface area contributed by atoms with Crippen LogP contribution in [0.25, 0.3) is 10.9 Å². The van der Waals surface area contributed by atoms with E-state index in [2.05, 4.69) is 5.32 Å². The van der Waals surface area contributed by atoms with Gasteiger partial charge in [0.25, 0.3) is 5.91 Å². The number of ether oxygens (including phenoxy) is 1. The molecule has 0 atom stereocenters. The number of halogens is 1. The van der Waals surface area contributed by atoms with Crippen LogP contribution >= 0.6 is 22.9 Å². The molecule has 2 aromatic heterocycles. The standard InChI is InChI=1S/C21H19ClN2O3S/c1-10-11(2)28-20(17(10)21(26)27-3)24-19(25)18-13-5-4-6-15(13)23-16-8-7-12(22)9-14(16)18/h7-9H,4-6H2,1-3H3,(H,24,25). The highest BCUT2D eigenvalue weighted by molar-refractivity contribution is 7.16. The topological polar surface area (TPSA) is 68.3 Å². The molecular formula is C21H19ClN2O3S. The van der Waals surface area contributed by atoms with Gasteiger partial charge in [0.05, 0.1) is 23.8 Å². The molecule has 0 saturated heterocycles. The van der Waals surface area contributed by atoms with Crippen molar-refractivity contribution in [3.63, 3.8) is 0 Å². The molecule has 0 radical (unpaired) electrons. The molecule has 1 N–H and O–H groups in total. The fourth-order valence-electron chi connectivity index (χ4n) is 3.72. The van der Waals surface area contributed by atoms with Crippen LogP contribution in [0, 0.1) is 13.8 Å². The number of rotatable bonds is 3. The molecule has 0 spiro atoms. The predicted octanol–water partition coefficient (Wildman–Crippen LogP) is 5.09. The molecule has 5 nitrogen and oxygen atoms in total. The molecule has 1 aliphatic rings. The normalized spacial score (nSPS) is 12.9. The number of nitrogens with one attached hydrogen (secondary N) is 1. The minimum absolute atomic E-state index is 0.251. The number of amides is 1. The zero-order valence-electron chi connectivity index (χ0n) is 15.8. The zero-order valence-corrected chi connectivity index (χ0v) is 17.4. The third-order valence-corrected chi connectivity index (χ3v) is 6.56. The molecular weight excluding hydrogens is 396 g/mol. The van der Waals surface area contributed by atoms with E-state index in [1.54, 1.807) is 12.1 Å². The number of carbonyl (C=O) groups is 2. The maximum Gasteiger partial charge on any atom is 0.341 e. The predicted molar refractivity (Wildman–Crippen MR) is 112 cm³/mol. The number of hydrogen-bond acceptors (Lipinski definition) is 5. The quantitative estimate of drug-likeness (QED) is 0.606. The second-order valence-corrected chi connectivity index (χ2v) is 8.52. The lowest BCUT2D eigenvalue weighted by atomic mass is 10.0. The summed E-state index contributed by atoms with van der Waals surface area (Å²) in [5, 5.41) is 4.74. The van der Waals surface area contributed by atoms with E-state index < -0.39 is 5.97 Å². The first-order valence-corrected chi connectivity index (χ1v) is 10.2. The molecule has 0 fully saturated rings. The summed E-state index contributed by atoms with van der Waals surface area (Å²) in [6.07, 6.45) is 2.63. The average Bonchev–Trinajstić information content (AvgIpc) is 3.23. The van der Waals surface area contributed by atoms with E-state index in [1.165, 1.54) is 18.4 Å². The van der Waals surface area contributed by atoms with Crippen molar-refractivity contribution in [1.29, 1.82) is 0 Å². The third kappa shape index (κ3) is 3.06. The Morgan fingerprint density at radius 3 is 2.75 bits per heavy atom. The molecule has 1 aromatic carbocycles. The van der Waals surface area contributed by atoms with Gasteiger partial charge in [0.2, 0.25) is 0 Å². The van der Waals surface area contributed by atoms with Gasteiger partial charge in [-0.2, -0.15) is 0 Å². The zero-order chi connectivity index (χ0) is 20.0. The molecule has 0 aliphatic heterocycles. The van der Waals surface area contributed by atoms with Crippen LogP contribution in [0.2, 0.25) is 5.02 Å². The van der Waals surface area contributed by atoms with Crippen molar-refractivity contribution in [2.45, 2.75) is 33.1 Å². The van der Waals surface area contributed by atoms with E-state index in [4.69, 9.17) is 21.3 Å². The monoisotopic (exact) mass is 414 g/mol. The number of aromatic nitrogens is 1. The summed E-state index contributed by atoms with van der Waals surface area (Å²) in [6, 6.07) is 5.40. The smallest absolute Gasteiger partial charge is 0.341 e. The Morgan fingerprint density at radius 1 is 1.21 bits per heavy atom. The molecule has 28 heavy (non-hydrogen) atoms. The van der Waals surface area contributed by atoms with Gasteiger partial charge >= 0.3 is 5.97 Å². The lowest BCUT2D eigenvalue weighted by Crippen LogP contribution is -2.17. The number of carbonyl (C=O) groups excluding carboxylic acids is 2. The highest BCUT2D eigenvalue weighted by atomic mass is 35.5. The number of thiophene rings is 1. The number of pyridine rings is 1. The Balaban J connectivity index is 1.84. The van der Waals surface area contributed by atoms with Gasteiger partial charge in [-0.15, -0.1) is 11.3 Å². The molecule has 7 heteroatoms. The second kappa shape index (κ2) is 7.18. The van der Waals surface area contributed by atoms with E-state index in [1.807, 2.05) is 19.9 Å². The van der Waals surface area contributed by atoms with Gasteiger partial charge in [-0.3, -0.25) is 9.78 Å². The number of hydrogen-bond donors (Lipinski definition) is 1. The van der Waals surface area contributed by atoms with Gasteiger partial charge in [0.15, 0.2) is 0 Å². The van der Waals surface area contributed by atoms with Crippen molar-refractivity contribution < 1.29 is 14.3 Å². The fourth-order valence-corrected chi connectivity index (χ4v) is 4.94. The molecule has 1 aliphatic carbocycles. The Morgan fingerprint density at radius 2 is 2.00 bits per heavy atom. The molecule has 4 rings (SSSR count). The third-order valence-electron chi connectivity index (χ3n) is 5.20. The van der Waals surface area contributed by atoms with E-state index in [-0.39, 0.29) is 5.91 Å². The Bertz CT molecular complexity index is 1140. The summed E-state index contributed by atoms with van der Waals surface area (Å²) in [4.78, 5) is 31.3. The molecule has 1 amide bonds. The summed E-state index contributed by atoms with van der Waals surface area (Å²) in [5.74, 6) is -0.704. The molecule has 0 saturated carbocycles. The first kappa shape index (κ1) is 18.9. The van der Waals surface area contributed by atoms with Crippen molar-refractivity contribution in [3.8, 4) is 0 Å². The summed E-state index contributed by atoms with van der Waals surface area (Å²) in [6.45, 7) is 3.77. The van der Waals surface area contributed by atoms with Crippen LogP contribution in [0.1, 0.15) is 48.8 Å². The fraction of sp³-hybridized carbons (Fsp3) is 0.286. The SMILES string of the molecule is COC(=O)c1c(NC(=O)c2c3c(nc4ccc(Cl)cc24)CCC3)sc(C)c1C. The minimum Gasteiger partial charge on any atom is -0.465 e. The second-order valence-electron chi connectivity index (χ2n) is 6.86. The Hall–Kier alpha value is -2.44. The number of anilines is 1. The lowest BCUT2D eigenvalue weighted by Gasteiger charge is -2.13. The van der Waals surface area contributed by atoms with Crippen molar-refractivity contribution in [3.05, 3.63) is 56.0 Å². The number of benzene rings is 1. The molecule has 2 heterocycles. The van der Waals surface area contributed by atoms with Gasteiger partial charge < -0.3 is 10.1 Å². The Kier molecular flexibility index (Phi) is 4.85. The minimum atomic E-state index is -0.454. The molecule has 3 aromatic rings. The summed E-state index contributed by atoms with van der Waals surface area (Å²) < 4.78 is 4.91. The first-order chi connectivity index (χ1) is 13.4. The van der Waals surface area contributed by atoms with Crippen LogP contribution in [-0.4, -0.2) is 24.0 Å². The van der Waals surface area contributed by atoms with Crippen molar-refractivity contribution in [1.82, 2.24) is 4.98 Å². The van der Waals surface area contributed by atoms with E-state index >= 15 is 0 Å². The molecule has 144 valence electrons. The maximum atomic E-state index is 13.4. The highest BCUT2D eigenvalue weighted by Crippen LogP contribution is 2.36. The van der Waals surface area contributed by atoms with Gasteiger partial charge in [0.1, 0.15) is 5.00 Å². The van der Waals surface area contributed by atoms with Gasteiger partial charge in [-0.25, -0.2) is 4.79 Å². The number of nitrogens with zero attached hydrogens (tertiary/aromatic N) is 1. The van der Waals surface area contributed by atoms with Crippen molar-refractivity contribution in [2.24, 2.45) is 0 Å². The Labute approximate surface area is 171 Å². The van der Waals surface area contributed by atoms with E-state index in [0.717, 1.165) is 51.9 Å². The average molecular weight is 415 g/mol. The largest absolute Gasteiger partial charge is 0.465 e. The van der Waals surface area contributed by atoms with Gasteiger partial charge in [0, 0.05) is 21.0 Å². The van der Waals surface area contributed by atoms with Crippen LogP contribution in [0.4, 0.5) is 5.00 Å². The van der Waals surface area contributed by atoms with Crippen LogP contribution in [0.5, 0.6) is 0 Å². The molecule has 0 unspecified atom stereocenters. The molecule has 0 bridgehead atoms. The first-order valence-electron chi connectivity index (χ1n) is 9.01. The van der Waals surface area contributed by atoms with Crippen LogP contribution in [-0.2, 0) is 17.6 Å². The summed E-state index contributed by atoms with van der Waals surface area (Å²) in [7, 11) is 1.34. The van der Waals surface area contributed by atoms with Crippen LogP contribution in [0.3, 0.4) is 0 Å². The van der Waals surface area contributed by atoms with Gasteiger partial charge in [-0.1, -0.05) is 11.6 Å². The van der Waals surface area contributed by atoms with Crippen LogP contribution < -0.4 is 5.32 Å². The van der Waals surface area contributed by atoms with E-state index in [9.17, 15) is 9.59 Å². The number of methoxy groups -OCH3 is 1.